The molecule has 8 heteroatoms. The standard InChI is InChI=1S/C25H19ClFN3O2S/c1-14-22-20(17(12-31)11-28-14)10-21-24(32-22)29-23(16-5-3-7-19(27)9-16)30-25(21)33-13-15-4-2-6-18(26)8-15/h2-9,11,31H,10,12-13H2,1H3. The molecule has 1 aliphatic rings. The van der Waals surface area contributed by atoms with Crippen LogP contribution < -0.4 is 4.74 Å². The van der Waals surface area contributed by atoms with Crippen molar-refractivity contribution >= 4 is 23.4 Å². The van der Waals surface area contributed by atoms with E-state index in [-0.39, 0.29) is 12.4 Å². The lowest BCUT2D eigenvalue weighted by molar-refractivity contribution is 0.278. The number of rotatable bonds is 5. The largest absolute Gasteiger partial charge is 0.436 e. The predicted octanol–water partition coefficient (Wildman–Crippen LogP) is 6.12. The van der Waals surface area contributed by atoms with Crippen LogP contribution in [-0.4, -0.2) is 20.1 Å². The Morgan fingerprint density at radius 3 is 2.76 bits per heavy atom. The molecule has 0 fully saturated rings. The van der Waals surface area contributed by atoms with E-state index >= 15 is 0 Å². The summed E-state index contributed by atoms with van der Waals surface area (Å²) in [5.41, 5.74) is 4.75. The van der Waals surface area contributed by atoms with E-state index in [2.05, 4.69) is 9.97 Å². The van der Waals surface area contributed by atoms with E-state index in [0.29, 0.717) is 51.5 Å². The molecule has 5 nitrogen and oxygen atoms in total. The lowest BCUT2D eigenvalue weighted by Crippen LogP contribution is -2.13. The van der Waals surface area contributed by atoms with Crippen molar-refractivity contribution in [2.24, 2.45) is 0 Å². The molecule has 0 amide bonds. The maximum absolute atomic E-state index is 13.9. The highest BCUT2D eigenvalue weighted by Gasteiger charge is 2.27. The van der Waals surface area contributed by atoms with Crippen LogP contribution in [0.4, 0.5) is 4.39 Å². The Bertz CT molecular complexity index is 1370. The van der Waals surface area contributed by atoms with Gasteiger partial charge in [0.2, 0.25) is 5.88 Å². The van der Waals surface area contributed by atoms with Gasteiger partial charge in [0, 0.05) is 40.1 Å². The fourth-order valence-electron chi connectivity index (χ4n) is 3.75. The number of halogens is 2. The fraction of sp³-hybridized carbons (Fsp3) is 0.160. The van der Waals surface area contributed by atoms with Crippen molar-refractivity contribution in [3.63, 3.8) is 0 Å². The highest BCUT2D eigenvalue weighted by atomic mass is 35.5. The van der Waals surface area contributed by atoms with Gasteiger partial charge in [0.15, 0.2) is 11.6 Å². The van der Waals surface area contributed by atoms with Gasteiger partial charge < -0.3 is 9.84 Å². The van der Waals surface area contributed by atoms with Gasteiger partial charge in [0.25, 0.3) is 0 Å². The summed E-state index contributed by atoms with van der Waals surface area (Å²) in [6.45, 7) is 1.72. The molecule has 3 heterocycles. The third-order valence-corrected chi connectivity index (χ3v) is 6.73. The summed E-state index contributed by atoms with van der Waals surface area (Å²) in [7, 11) is 0. The SMILES string of the molecule is Cc1ncc(CO)c2c1Oc1nc(-c3cccc(F)c3)nc(SCc3cccc(Cl)c3)c1C2. The first kappa shape index (κ1) is 21.8. The maximum atomic E-state index is 13.9. The highest BCUT2D eigenvalue weighted by Crippen LogP contribution is 2.43. The van der Waals surface area contributed by atoms with Crippen molar-refractivity contribution < 1.29 is 14.2 Å². The molecule has 0 saturated carbocycles. The van der Waals surface area contributed by atoms with Crippen LogP contribution in [0.2, 0.25) is 5.02 Å². The molecule has 0 spiro atoms. The molecule has 4 aromatic rings. The smallest absolute Gasteiger partial charge is 0.227 e. The van der Waals surface area contributed by atoms with E-state index in [9.17, 15) is 9.50 Å². The van der Waals surface area contributed by atoms with E-state index < -0.39 is 0 Å². The molecule has 0 radical (unpaired) electrons. The summed E-state index contributed by atoms with van der Waals surface area (Å²) >= 11 is 7.69. The molecule has 33 heavy (non-hydrogen) atoms. The van der Waals surface area contributed by atoms with Gasteiger partial charge in [0.05, 0.1) is 17.9 Å². The average Bonchev–Trinajstić information content (AvgIpc) is 2.82. The number of benzene rings is 2. The van der Waals surface area contributed by atoms with Crippen LogP contribution in [0.25, 0.3) is 11.4 Å². The average molecular weight is 480 g/mol. The van der Waals surface area contributed by atoms with Gasteiger partial charge in [-0.25, -0.2) is 9.37 Å². The Labute approximate surface area is 199 Å². The molecule has 0 aliphatic carbocycles. The molecule has 2 aromatic heterocycles. The van der Waals surface area contributed by atoms with Gasteiger partial charge in [-0.05, 0) is 36.8 Å². The summed E-state index contributed by atoms with van der Waals surface area (Å²) in [5, 5.41) is 11.2. The van der Waals surface area contributed by atoms with Crippen molar-refractivity contribution in [2.45, 2.75) is 30.7 Å². The minimum atomic E-state index is -0.360. The molecule has 0 atom stereocenters. The zero-order valence-electron chi connectivity index (χ0n) is 17.7. The molecule has 1 aliphatic heterocycles. The molecule has 166 valence electrons. The summed E-state index contributed by atoms with van der Waals surface area (Å²) in [6, 6.07) is 13.9. The molecule has 5 rings (SSSR count). The third kappa shape index (κ3) is 4.44. The first-order chi connectivity index (χ1) is 16.0. The minimum Gasteiger partial charge on any atom is -0.436 e. The predicted molar refractivity (Wildman–Crippen MR) is 126 cm³/mol. The number of aliphatic hydroxyl groups excluding tert-OH is 1. The van der Waals surface area contributed by atoms with Crippen LogP contribution in [0.3, 0.4) is 0 Å². The molecule has 0 saturated heterocycles. The topological polar surface area (TPSA) is 68.1 Å². The Morgan fingerprint density at radius 1 is 1.12 bits per heavy atom. The van der Waals surface area contributed by atoms with Crippen LogP contribution in [0.1, 0.15) is 27.9 Å². The quantitative estimate of drug-likeness (QED) is 0.242. The molecule has 0 bridgehead atoms. The lowest BCUT2D eigenvalue weighted by atomic mass is 9.99. The fourth-order valence-corrected chi connectivity index (χ4v) is 4.93. The van der Waals surface area contributed by atoms with Crippen molar-refractivity contribution in [2.75, 3.05) is 0 Å². The second kappa shape index (κ2) is 9.09. The number of aryl methyl sites for hydroxylation is 1. The lowest BCUT2D eigenvalue weighted by Gasteiger charge is -2.24. The number of fused-ring (bicyclic) bond motifs is 2. The highest BCUT2D eigenvalue weighted by molar-refractivity contribution is 7.98. The maximum Gasteiger partial charge on any atom is 0.227 e. The Hall–Kier alpha value is -3.00. The number of thioether (sulfide) groups is 1. The van der Waals surface area contributed by atoms with Gasteiger partial charge in [-0.15, -0.1) is 11.8 Å². The van der Waals surface area contributed by atoms with Gasteiger partial charge in [0.1, 0.15) is 10.8 Å². The van der Waals surface area contributed by atoms with Crippen molar-refractivity contribution in [3.8, 4) is 23.0 Å². The Kier molecular flexibility index (Phi) is 6.01. The van der Waals surface area contributed by atoms with Crippen LogP contribution in [-0.2, 0) is 18.8 Å². The molecule has 0 unspecified atom stereocenters. The van der Waals surface area contributed by atoms with Crippen molar-refractivity contribution in [1.29, 1.82) is 0 Å². The Morgan fingerprint density at radius 2 is 1.97 bits per heavy atom. The van der Waals surface area contributed by atoms with Gasteiger partial charge >= 0.3 is 0 Å². The zero-order valence-corrected chi connectivity index (χ0v) is 19.3. The Balaban J connectivity index is 1.60. The summed E-state index contributed by atoms with van der Waals surface area (Å²) in [4.78, 5) is 13.7. The first-order valence-electron chi connectivity index (χ1n) is 10.3. The molecular weight excluding hydrogens is 461 g/mol. The second-order valence-corrected chi connectivity index (χ2v) is 9.08. The third-order valence-electron chi connectivity index (χ3n) is 5.41. The van der Waals surface area contributed by atoms with Crippen LogP contribution in [0.15, 0.2) is 59.8 Å². The number of hydrogen-bond donors (Lipinski definition) is 1. The van der Waals surface area contributed by atoms with Gasteiger partial charge in [-0.1, -0.05) is 35.9 Å². The molecule has 2 aromatic carbocycles. The van der Waals surface area contributed by atoms with Crippen LogP contribution >= 0.6 is 23.4 Å². The summed E-state index contributed by atoms with van der Waals surface area (Å²) < 4.78 is 20.1. The second-order valence-electron chi connectivity index (χ2n) is 7.68. The van der Waals surface area contributed by atoms with E-state index in [0.717, 1.165) is 21.7 Å². The summed E-state index contributed by atoms with van der Waals surface area (Å²) in [6.07, 6.45) is 2.18. The monoisotopic (exact) mass is 479 g/mol. The van der Waals surface area contributed by atoms with E-state index in [4.69, 9.17) is 21.3 Å². The zero-order chi connectivity index (χ0) is 22.9. The number of aliphatic hydroxyl groups is 1. The van der Waals surface area contributed by atoms with Gasteiger partial charge in [-0.2, -0.15) is 4.98 Å². The number of aromatic nitrogens is 3. The number of hydrogen-bond acceptors (Lipinski definition) is 6. The minimum absolute atomic E-state index is 0.137. The van der Waals surface area contributed by atoms with Gasteiger partial charge in [-0.3, -0.25) is 4.98 Å². The van der Waals surface area contributed by atoms with Crippen LogP contribution in [0.5, 0.6) is 11.6 Å². The number of nitrogens with zero attached hydrogens (tertiary/aromatic N) is 3. The first-order valence-corrected chi connectivity index (χ1v) is 11.7. The van der Waals surface area contributed by atoms with E-state index in [1.165, 1.54) is 12.1 Å². The van der Waals surface area contributed by atoms with E-state index in [1.807, 2.05) is 31.2 Å². The summed E-state index contributed by atoms with van der Waals surface area (Å²) in [5.74, 6) is 1.69. The number of ether oxygens (including phenoxy) is 1. The molecule has 1 N–H and O–H groups in total. The van der Waals surface area contributed by atoms with E-state index in [1.54, 1.807) is 30.1 Å². The molecular formula is C25H19ClFN3O2S. The van der Waals surface area contributed by atoms with Crippen molar-refractivity contribution in [3.05, 3.63) is 93.5 Å². The van der Waals surface area contributed by atoms with Crippen molar-refractivity contribution in [1.82, 2.24) is 15.0 Å². The number of pyridine rings is 1. The van der Waals surface area contributed by atoms with Crippen LogP contribution in [0, 0.1) is 12.7 Å². The normalized spacial score (nSPS) is 12.1.